The third-order valence-corrected chi connectivity index (χ3v) is 4.74. The van der Waals surface area contributed by atoms with E-state index in [1.165, 1.54) is 12.1 Å². The minimum atomic E-state index is -3.59. The highest BCUT2D eigenvalue weighted by Crippen LogP contribution is 2.06. The van der Waals surface area contributed by atoms with Crippen LogP contribution >= 0.6 is 0 Å². The first-order valence-corrected chi connectivity index (χ1v) is 10.1. The second-order valence-electron chi connectivity index (χ2n) is 4.56. The van der Waals surface area contributed by atoms with Gasteiger partial charge in [0.1, 0.15) is 0 Å². The maximum absolute atomic E-state index is 11.9. The summed E-state index contributed by atoms with van der Waals surface area (Å²) in [6.07, 6.45) is 1.02. The lowest BCUT2D eigenvalue weighted by molar-refractivity contribution is 0.241. The van der Waals surface area contributed by atoms with Gasteiger partial charge in [0.2, 0.25) is 20.0 Å². The SMILES string of the molecule is CS(=O)(=O)NCCNC(=O)NCCNS(=O)(=O)c1ccccc1. The van der Waals surface area contributed by atoms with Crippen LogP contribution in [0.3, 0.4) is 0 Å². The minimum Gasteiger partial charge on any atom is -0.337 e. The summed E-state index contributed by atoms with van der Waals surface area (Å²) in [7, 11) is -6.88. The Morgan fingerprint density at radius 2 is 1.39 bits per heavy atom. The van der Waals surface area contributed by atoms with Gasteiger partial charge >= 0.3 is 6.03 Å². The summed E-state index contributed by atoms with van der Waals surface area (Å²) in [5.74, 6) is 0. The number of rotatable bonds is 9. The van der Waals surface area contributed by atoms with Gasteiger partial charge < -0.3 is 10.6 Å². The normalized spacial score (nSPS) is 11.9. The number of amides is 2. The van der Waals surface area contributed by atoms with E-state index in [1.807, 2.05) is 0 Å². The van der Waals surface area contributed by atoms with Gasteiger partial charge in [-0.1, -0.05) is 18.2 Å². The topological polar surface area (TPSA) is 133 Å². The first-order valence-electron chi connectivity index (χ1n) is 6.72. The molecule has 0 bridgehead atoms. The summed E-state index contributed by atoms with van der Waals surface area (Å²) in [4.78, 5) is 11.5. The Kier molecular flexibility index (Phi) is 7.42. The van der Waals surface area contributed by atoms with Crippen molar-refractivity contribution in [1.82, 2.24) is 20.1 Å². The van der Waals surface area contributed by atoms with E-state index in [9.17, 15) is 21.6 Å². The summed E-state index contributed by atoms with van der Waals surface area (Å²) in [6, 6.07) is 7.37. The molecule has 0 aromatic heterocycles. The molecule has 2 amide bonds. The highest BCUT2D eigenvalue weighted by Gasteiger charge is 2.12. The predicted molar refractivity (Wildman–Crippen MR) is 85.9 cm³/mol. The van der Waals surface area contributed by atoms with Crippen molar-refractivity contribution < 1.29 is 21.6 Å². The average Bonchev–Trinajstić information content (AvgIpc) is 2.48. The van der Waals surface area contributed by atoms with Crippen LogP contribution in [0.1, 0.15) is 0 Å². The lowest BCUT2D eigenvalue weighted by Gasteiger charge is -2.09. The van der Waals surface area contributed by atoms with Gasteiger partial charge in [-0.2, -0.15) is 0 Å². The lowest BCUT2D eigenvalue weighted by atomic mass is 10.4. The summed E-state index contributed by atoms with van der Waals surface area (Å²) < 4.78 is 49.9. The minimum absolute atomic E-state index is 0.0340. The molecule has 0 aliphatic rings. The van der Waals surface area contributed by atoms with Crippen LogP contribution in [0.15, 0.2) is 35.2 Å². The Morgan fingerprint density at radius 1 is 0.870 bits per heavy atom. The van der Waals surface area contributed by atoms with E-state index in [2.05, 4.69) is 20.1 Å². The van der Waals surface area contributed by atoms with E-state index in [0.717, 1.165) is 6.26 Å². The molecule has 0 heterocycles. The van der Waals surface area contributed by atoms with Crippen LogP contribution in [0.2, 0.25) is 0 Å². The molecule has 0 aliphatic carbocycles. The molecule has 23 heavy (non-hydrogen) atoms. The van der Waals surface area contributed by atoms with Crippen molar-refractivity contribution in [1.29, 1.82) is 0 Å². The molecule has 0 fully saturated rings. The Labute approximate surface area is 136 Å². The van der Waals surface area contributed by atoms with Crippen molar-refractivity contribution in [2.45, 2.75) is 4.90 Å². The molecule has 11 heteroatoms. The quantitative estimate of drug-likeness (QED) is 0.409. The molecule has 4 N–H and O–H groups in total. The fourth-order valence-corrected chi connectivity index (χ4v) is 3.05. The number of sulfonamides is 2. The highest BCUT2D eigenvalue weighted by atomic mass is 32.2. The molecule has 0 spiro atoms. The number of nitrogens with one attached hydrogen (secondary N) is 4. The number of carbonyl (C=O) groups excluding carboxylic acids is 1. The monoisotopic (exact) mass is 364 g/mol. The Bertz CT molecular complexity index is 704. The van der Waals surface area contributed by atoms with Crippen molar-refractivity contribution in [3.05, 3.63) is 30.3 Å². The van der Waals surface area contributed by atoms with E-state index in [4.69, 9.17) is 0 Å². The van der Waals surface area contributed by atoms with Gasteiger partial charge in [-0.25, -0.2) is 31.1 Å². The van der Waals surface area contributed by atoms with Crippen LogP contribution in [0.4, 0.5) is 4.79 Å². The number of benzene rings is 1. The molecule has 1 aromatic rings. The molecule has 1 rings (SSSR count). The third-order valence-electron chi connectivity index (χ3n) is 2.53. The molecule has 0 saturated heterocycles. The van der Waals surface area contributed by atoms with Gasteiger partial charge in [0.15, 0.2) is 0 Å². The van der Waals surface area contributed by atoms with Crippen LogP contribution in [-0.4, -0.2) is 55.3 Å². The van der Waals surface area contributed by atoms with Gasteiger partial charge in [-0.15, -0.1) is 0 Å². The van der Waals surface area contributed by atoms with Crippen molar-refractivity contribution in [3.63, 3.8) is 0 Å². The third kappa shape index (κ3) is 8.50. The van der Waals surface area contributed by atoms with Gasteiger partial charge in [0.05, 0.1) is 11.2 Å². The Hall–Kier alpha value is -1.69. The fourth-order valence-electron chi connectivity index (χ4n) is 1.52. The summed E-state index contributed by atoms with van der Waals surface area (Å²) >= 11 is 0. The number of carbonyl (C=O) groups is 1. The first-order chi connectivity index (χ1) is 10.7. The zero-order valence-corrected chi connectivity index (χ0v) is 14.2. The lowest BCUT2D eigenvalue weighted by Crippen LogP contribution is -2.42. The van der Waals surface area contributed by atoms with E-state index in [-0.39, 0.29) is 31.1 Å². The van der Waals surface area contributed by atoms with Gasteiger partial charge in [0, 0.05) is 26.2 Å². The van der Waals surface area contributed by atoms with E-state index >= 15 is 0 Å². The maximum Gasteiger partial charge on any atom is 0.314 e. The van der Waals surface area contributed by atoms with Crippen LogP contribution in [0.25, 0.3) is 0 Å². The van der Waals surface area contributed by atoms with Crippen molar-refractivity contribution in [2.75, 3.05) is 32.4 Å². The van der Waals surface area contributed by atoms with Crippen molar-refractivity contribution in [3.8, 4) is 0 Å². The predicted octanol–water partition coefficient (Wildman–Crippen LogP) is -1.19. The summed E-state index contributed by atoms with van der Waals surface area (Å²) in [5, 5.41) is 4.88. The van der Waals surface area contributed by atoms with Gasteiger partial charge in [0.25, 0.3) is 0 Å². The second kappa shape index (κ2) is 8.82. The molecule has 9 nitrogen and oxygen atoms in total. The van der Waals surface area contributed by atoms with Crippen molar-refractivity contribution in [2.24, 2.45) is 0 Å². The average molecular weight is 364 g/mol. The number of urea groups is 1. The van der Waals surface area contributed by atoms with Gasteiger partial charge in [-0.05, 0) is 12.1 Å². The van der Waals surface area contributed by atoms with Gasteiger partial charge in [-0.3, -0.25) is 0 Å². The van der Waals surface area contributed by atoms with E-state index in [1.54, 1.807) is 18.2 Å². The molecule has 0 radical (unpaired) electrons. The van der Waals surface area contributed by atoms with Crippen LogP contribution in [-0.2, 0) is 20.0 Å². The smallest absolute Gasteiger partial charge is 0.314 e. The molecule has 130 valence electrons. The number of hydrogen-bond acceptors (Lipinski definition) is 5. The standard InChI is InChI=1S/C12H20N4O5S2/c1-22(18,19)15-9-7-13-12(17)14-8-10-16-23(20,21)11-5-3-2-4-6-11/h2-6,15-16H,7-10H2,1H3,(H2,13,14,17). The van der Waals surface area contributed by atoms with Crippen molar-refractivity contribution >= 4 is 26.1 Å². The molecule has 0 aliphatic heterocycles. The Balaban J connectivity index is 2.21. The molecule has 1 aromatic carbocycles. The highest BCUT2D eigenvalue weighted by molar-refractivity contribution is 7.89. The summed E-state index contributed by atoms with van der Waals surface area (Å²) in [5.41, 5.74) is 0. The maximum atomic E-state index is 11.9. The molecular formula is C12H20N4O5S2. The largest absolute Gasteiger partial charge is 0.337 e. The van der Waals surface area contributed by atoms with Crippen LogP contribution in [0, 0.1) is 0 Å². The Morgan fingerprint density at radius 3 is 1.91 bits per heavy atom. The summed E-state index contributed by atoms with van der Waals surface area (Å²) in [6.45, 7) is 0.325. The number of hydrogen-bond donors (Lipinski definition) is 4. The fraction of sp³-hybridized carbons (Fsp3) is 0.417. The van der Waals surface area contributed by atoms with E-state index in [0.29, 0.717) is 0 Å². The molecular weight excluding hydrogens is 344 g/mol. The first kappa shape index (κ1) is 19.4. The zero-order chi connectivity index (χ0) is 17.3. The molecule has 0 unspecified atom stereocenters. The second-order valence-corrected chi connectivity index (χ2v) is 8.16. The van der Waals surface area contributed by atoms with Crippen LogP contribution in [0.5, 0.6) is 0 Å². The molecule has 0 saturated carbocycles. The molecule has 0 atom stereocenters. The van der Waals surface area contributed by atoms with Crippen LogP contribution < -0.4 is 20.1 Å². The zero-order valence-electron chi connectivity index (χ0n) is 12.6. The van der Waals surface area contributed by atoms with E-state index < -0.39 is 26.1 Å².